The number of aryl methyl sites for hydroxylation is 2. The maximum atomic E-state index is 13.2. The van der Waals surface area contributed by atoms with Crippen LogP contribution in [0.5, 0.6) is 5.75 Å². The molecule has 0 amide bonds. The SMILES string of the molecule is Cc1cc(OC(c2cnn(C)c2)C(C)N)ccc1F. The van der Waals surface area contributed by atoms with Gasteiger partial charge in [0.25, 0.3) is 0 Å². The summed E-state index contributed by atoms with van der Waals surface area (Å²) in [6.07, 6.45) is 3.29. The molecule has 0 bridgehead atoms. The van der Waals surface area contributed by atoms with E-state index in [0.29, 0.717) is 11.3 Å². The van der Waals surface area contributed by atoms with Gasteiger partial charge in [0.05, 0.1) is 6.20 Å². The van der Waals surface area contributed by atoms with Crippen LogP contribution in [-0.4, -0.2) is 15.8 Å². The van der Waals surface area contributed by atoms with Crippen LogP contribution < -0.4 is 10.5 Å². The monoisotopic (exact) mass is 263 g/mol. The Labute approximate surface area is 112 Å². The molecule has 0 fully saturated rings. The van der Waals surface area contributed by atoms with Crippen LogP contribution in [-0.2, 0) is 7.05 Å². The lowest BCUT2D eigenvalue weighted by Crippen LogP contribution is -2.28. The van der Waals surface area contributed by atoms with E-state index in [9.17, 15) is 4.39 Å². The van der Waals surface area contributed by atoms with Crippen molar-refractivity contribution in [2.45, 2.75) is 26.0 Å². The van der Waals surface area contributed by atoms with Gasteiger partial charge in [0, 0.05) is 24.8 Å². The third-order valence-electron chi connectivity index (χ3n) is 2.92. The Morgan fingerprint density at radius 2 is 2.16 bits per heavy atom. The van der Waals surface area contributed by atoms with Gasteiger partial charge in [-0.25, -0.2) is 4.39 Å². The first-order valence-corrected chi connectivity index (χ1v) is 6.14. The van der Waals surface area contributed by atoms with Crippen molar-refractivity contribution in [1.29, 1.82) is 0 Å². The standard InChI is InChI=1S/C14H18FN3O/c1-9-6-12(4-5-13(9)15)19-14(10(2)16)11-7-17-18(3)8-11/h4-8,10,14H,16H2,1-3H3. The minimum absolute atomic E-state index is 0.199. The summed E-state index contributed by atoms with van der Waals surface area (Å²) in [7, 11) is 1.84. The molecule has 2 N–H and O–H groups in total. The average Bonchev–Trinajstić information content (AvgIpc) is 2.76. The fourth-order valence-electron chi connectivity index (χ4n) is 1.90. The molecule has 0 radical (unpaired) electrons. The fourth-order valence-corrected chi connectivity index (χ4v) is 1.90. The van der Waals surface area contributed by atoms with Crippen LogP contribution in [0.15, 0.2) is 30.6 Å². The van der Waals surface area contributed by atoms with Crippen LogP contribution in [0, 0.1) is 12.7 Å². The van der Waals surface area contributed by atoms with Gasteiger partial charge in [-0.15, -0.1) is 0 Å². The van der Waals surface area contributed by atoms with E-state index >= 15 is 0 Å². The summed E-state index contributed by atoms with van der Waals surface area (Å²) in [5.41, 5.74) is 7.41. The molecule has 4 nitrogen and oxygen atoms in total. The van der Waals surface area contributed by atoms with E-state index in [4.69, 9.17) is 10.5 Å². The third kappa shape index (κ3) is 3.12. The summed E-state index contributed by atoms with van der Waals surface area (Å²) in [6.45, 7) is 3.57. The summed E-state index contributed by atoms with van der Waals surface area (Å²) in [4.78, 5) is 0. The second kappa shape index (κ2) is 5.40. The predicted octanol–water partition coefficient (Wildman–Crippen LogP) is 2.33. The highest BCUT2D eigenvalue weighted by atomic mass is 19.1. The number of benzene rings is 1. The molecule has 0 aliphatic heterocycles. The maximum absolute atomic E-state index is 13.2. The molecule has 0 aliphatic carbocycles. The van der Waals surface area contributed by atoms with Crippen LogP contribution in [0.2, 0.25) is 0 Å². The lowest BCUT2D eigenvalue weighted by atomic mass is 10.1. The quantitative estimate of drug-likeness (QED) is 0.921. The topological polar surface area (TPSA) is 53.1 Å². The number of nitrogens with two attached hydrogens (primary N) is 1. The van der Waals surface area contributed by atoms with E-state index in [1.54, 1.807) is 29.9 Å². The number of aromatic nitrogens is 2. The Balaban J connectivity index is 2.23. The second-order valence-electron chi connectivity index (χ2n) is 4.76. The molecule has 0 saturated carbocycles. The molecular weight excluding hydrogens is 245 g/mol. The summed E-state index contributed by atoms with van der Waals surface area (Å²) >= 11 is 0. The zero-order valence-electron chi connectivity index (χ0n) is 11.3. The lowest BCUT2D eigenvalue weighted by molar-refractivity contribution is 0.180. The molecule has 0 aliphatic rings. The molecule has 1 aromatic carbocycles. The molecule has 1 heterocycles. The molecule has 2 atom stereocenters. The highest BCUT2D eigenvalue weighted by Crippen LogP contribution is 2.25. The number of hydrogen-bond donors (Lipinski definition) is 1. The molecule has 2 unspecified atom stereocenters. The van der Waals surface area contributed by atoms with Crippen LogP contribution in [0.25, 0.3) is 0 Å². The van der Waals surface area contributed by atoms with Gasteiger partial charge < -0.3 is 10.5 Å². The van der Waals surface area contributed by atoms with Crippen molar-refractivity contribution in [3.63, 3.8) is 0 Å². The Hall–Kier alpha value is -1.88. The van der Waals surface area contributed by atoms with E-state index in [1.807, 2.05) is 20.2 Å². The average molecular weight is 263 g/mol. The molecular formula is C14H18FN3O. The predicted molar refractivity (Wildman–Crippen MR) is 71.4 cm³/mol. The fraction of sp³-hybridized carbons (Fsp3) is 0.357. The molecule has 102 valence electrons. The summed E-state index contributed by atoms with van der Waals surface area (Å²) < 4.78 is 20.8. The van der Waals surface area contributed by atoms with Crippen molar-refractivity contribution in [3.05, 3.63) is 47.5 Å². The van der Waals surface area contributed by atoms with Gasteiger partial charge in [0.15, 0.2) is 0 Å². The Bertz CT molecular complexity index is 566. The molecule has 5 heteroatoms. The lowest BCUT2D eigenvalue weighted by Gasteiger charge is -2.21. The molecule has 2 rings (SSSR count). The van der Waals surface area contributed by atoms with E-state index < -0.39 is 0 Å². The van der Waals surface area contributed by atoms with Gasteiger partial charge in [-0.05, 0) is 37.6 Å². The van der Waals surface area contributed by atoms with Gasteiger partial charge in [0.2, 0.25) is 0 Å². The third-order valence-corrected chi connectivity index (χ3v) is 2.92. The molecule has 1 aromatic heterocycles. The highest BCUT2D eigenvalue weighted by Gasteiger charge is 2.20. The normalized spacial score (nSPS) is 14.2. The van der Waals surface area contributed by atoms with Crippen molar-refractivity contribution in [2.75, 3.05) is 0 Å². The van der Waals surface area contributed by atoms with Crippen molar-refractivity contribution in [3.8, 4) is 5.75 Å². The maximum Gasteiger partial charge on any atom is 0.141 e. The van der Waals surface area contributed by atoms with Crippen LogP contribution in [0.3, 0.4) is 0 Å². The molecule has 2 aromatic rings. The van der Waals surface area contributed by atoms with E-state index in [2.05, 4.69) is 5.10 Å². The number of halogens is 1. The largest absolute Gasteiger partial charge is 0.484 e. The van der Waals surface area contributed by atoms with Crippen molar-refractivity contribution in [2.24, 2.45) is 12.8 Å². The first-order chi connectivity index (χ1) is 8.97. The van der Waals surface area contributed by atoms with Crippen molar-refractivity contribution in [1.82, 2.24) is 9.78 Å². The summed E-state index contributed by atoms with van der Waals surface area (Å²) in [5.74, 6) is 0.358. The first kappa shape index (κ1) is 13.5. The number of ether oxygens (including phenoxy) is 1. The van der Waals surface area contributed by atoms with Crippen LogP contribution in [0.1, 0.15) is 24.2 Å². The van der Waals surface area contributed by atoms with Crippen molar-refractivity contribution < 1.29 is 9.13 Å². The Kier molecular flexibility index (Phi) is 3.85. The van der Waals surface area contributed by atoms with Crippen molar-refractivity contribution >= 4 is 0 Å². The van der Waals surface area contributed by atoms with Gasteiger partial charge in [-0.2, -0.15) is 5.10 Å². The minimum atomic E-state index is -0.307. The minimum Gasteiger partial charge on any atom is -0.484 e. The van der Waals surface area contributed by atoms with Gasteiger partial charge in [-0.1, -0.05) is 0 Å². The summed E-state index contributed by atoms with van der Waals surface area (Å²) in [5, 5.41) is 4.11. The summed E-state index contributed by atoms with van der Waals surface area (Å²) in [6, 6.07) is 4.47. The van der Waals surface area contributed by atoms with Crippen LogP contribution in [0.4, 0.5) is 4.39 Å². The molecule has 19 heavy (non-hydrogen) atoms. The van der Waals surface area contributed by atoms with Gasteiger partial charge >= 0.3 is 0 Å². The molecule has 0 spiro atoms. The first-order valence-electron chi connectivity index (χ1n) is 6.14. The molecule has 0 saturated heterocycles. The Morgan fingerprint density at radius 3 is 2.68 bits per heavy atom. The van der Waals surface area contributed by atoms with E-state index in [1.165, 1.54) is 6.07 Å². The Morgan fingerprint density at radius 1 is 1.42 bits per heavy atom. The van der Waals surface area contributed by atoms with Gasteiger partial charge in [-0.3, -0.25) is 4.68 Å². The van der Waals surface area contributed by atoms with Crippen LogP contribution >= 0.6 is 0 Å². The van der Waals surface area contributed by atoms with Gasteiger partial charge in [0.1, 0.15) is 17.7 Å². The zero-order valence-corrected chi connectivity index (χ0v) is 11.3. The number of rotatable bonds is 4. The zero-order chi connectivity index (χ0) is 14.0. The number of hydrogen-bond acceptors (Lipinski definition) is 3. The van der Waals surface area contributed by atoms with E-state index in [0.717, 1.165) is 5.56 Å². The number of nitrogens with zero attached hydrogens (tertiary/aromatic N) is 2. The smallest absolute Gasteiger partial charge is 0.141 e. The second-order valence-corrected chi connectivity index (χ2v) is 4.76. The van der Waals surface area contributed by atoms with E-state index in [-0.39, 0.29) is 18.0 Å². The highest BCUT2D eigenvalue weighted by molar-refractivity contribution is 5.30.